The van der Waals surface area contributed by atoms with Gasteiger partial charge in [0.15, 0.2) is 0 Å². The van der Waals surface area contributed by atoms with Gasteiger partial charge in [0.25, 0.3) is 0 Å². The van der Waals surface area contributed by atoms with Crippen molar-refractivity contribution in [2.24, 2.45) is 0 Å². The molecule has 0 atom stereocenters. The molecule has 53 valence electrons. The van der Waals surface area contributed by atoms with Gasteiger partial charge in [-0.25, -0.2) is 10.3 Å². The molecule has 1 heterocycles. The number of halogens is 1. The summed E-state index contributed by atoms with van der Waals surface area (Å²) >= 11 is 5.57. The van der Waals surface area contributed by atoms with E-state index >= 15 is 0 Å². The molecule has 2 nitrogen and oxygen atoms in total. The van der Waals surface area contributed by atoms with Crippen LogP contribution in [0.1, 0.15) is 5.56 Å². The number of rotatable bonds is 2. The van der Waals surface area contributed by atoms with Gasteiger partial charge in [0.05, 0.1) is 0 Å². The van der Waals surface area contributed by atoms with Crippen molar-refractivity contribution in [3.05, 3.63) is 29.0 Å². The Morgan fingerprint density at radius 3 is 2.90 bits per heavy atom. The summed E-state index contributed by atoms with van der Waals surface area (Å²) in [6.45, 7) is 0.712. The molecule has 0 aliphatic heterocycles. The lowest BCUT2D eigenvalue weighted by Crippen LogP contribution is -1.96. The van der Waals surface area contributed by atoms with E-state index in [9.17, 15) is 0 Å². The predicted octanol–water partition coefficient (Wildman–Crippen LogP) is 1.47. The third-order valence-corrected chi connectivity index (χ3v) is 1.35. The average molecular weight is 156 g/mol. The fourth-order valence-electron chi connectivity index (χ4n) is 0.683. The molecule has 1 rings (SSSR count). The van der Waals surface area contributed by atoms with Gasteiger partial charge in [-0.15, -0.1) is 0 Å². The summed E-state index contributed by atoms with van der Waals surface area (Å²) in [5.41, 5.74) is 1.09. The Labute approximate surface area is 65.2 Å². The highest BCUT2D eigenvalue weighted by atomic mass is 35.5. The lowest BCUT2D eigenvalue weighted by molar-refractivity contribution is 0.796. The normalized spacial score (nSPS) is 9.80. The minimum atomic E-state index is 0.528. The van der Waals surface area contributed by atoms with E-state index in [1.54, 1.807) is 19.3 Å². The van der Waals surface area contributed by atoms with Gasteiger partial charge in [0, 0.05) is 19.8 Å². The Morgan fingerprint density at radius 1 is 1.60 bits per heavy atom. The van der Waals surface area contributed by atoms with E-state index in [-0.39, 0.29) is 0 Å². The molecular weight excluding hydrogens is 148 g/mol. The van der Waals surface area contributed by atoms with Crippen LogP contribution in [0.25, 0.3) is 0 Å². The summed E-state index contributed by atoms with van der Waals surface area (Å²) in [6.07, 6.45) is 1.73. The van der Waals surface area contributed by atoms with Crippen molar-refractivity contribution >= 4 is 11.6 Å². The number of nitrogens with zero attached hydrogens (tertiary/aromatic N) is 2. The fourth-order valence-corrected chi connectivity index (χ4v) is 0.794. The summed E-state index contributed by atoms with van der Waals surface area (Å²) in [7, 11) is 1.77. The molecule has 0 saturated carbocycles. The standard InChI is InChI=1S/C7H8ClN2/c1-9-4-6-2-3-7(8)10-5-6/h2-3,5H,4H2,1H3. The third kappa shape index (κ3) is 1.97. The van der Waals surface area contributed by atoms with E-state index < -0.39 is 0 Å². The second-order valence-corrected chi connectivity index (χ2v) is 2.35. The Balaban J connectivity index is 2.69. The van der Waals surface area contributed by atoms with Crippen molar-refractivity contribution in [1.29, 1.82) is 0 Å². The Bertz CT molecular complexity index is 195. The van der Waals surface area contributed by atoms with Crippen LogP contribution in [-0.4, -0.2) is 12.0 Å². The topological polar surface area (TPSA) is 27.0 Å². The number of pyridine rings is 1. The summed E-state index contributed by atoms with van der Waals surface area (Å²) in [5.74, 6) is 0. The molecule has 1 aromatic rings. The molecule has 0 aliphatic rings. The number of hydrogen-bond donors (Lipinski definition) is 0. The van der Waals surface area contributed by atoms with Gasteiger partial charge >= 0.3 is 0 Å². The maximum absolute atomic E-state index is 5.57. The monoisotopic (exact) mass is 155 g/mol. The van der Waals surface area contributed by atoms with Gasteiger partial charge in [-0.1, -0.05) is 17.7 Å². The van der Waals surface area contributed by atoms with E-state index in [0.29, 0.717) is 11.7 Å². The highest BCUT2D eigenvalue weighted by Crippen LogP contribution is 2.04. The molecule has 1 radical (unpaired) electrons. The van der Waals surface area contributed by atoms with Crippen LogP contribution in [0.3, 0.4) is 0 Å². The molecule has 0 saturated heterocycles. The van der Waals surface area contributed by atoms with Gasteiger partial charge in [-0.05, 0) is 11.6 Å². The minimum Gasteiger partial charge on any atom is -0.244 e. The maximum atomic E-state index is 5.57. The van der Waals surface area contributed by atoms with E-state index in [1.807, 2.05) is 6.07 Å². The van der Waals surface area contributed by atoms with Gasteiger partial charge in [0.1, 0.15) is 5.15 Å². The van der Waals surface area contributed by atoms with Crippen molar-refractivity contribution in [2.45, 2.75) is 6.54 Å². The second kappa shape index (κ2) is 3.54. The molecule has 0 amide bonds. The average Bonchev–Trinajstić information content (AvgIpc) is 1.95. The van der Waals surface area contributed by atoms with E-state index in [1.165, 1.54) is 0 Å². The van der Waals surface area contributed by atoms with Gasteiger partial charge in [-0.3, -0.25) is 0 Å². The van der Waals surface area contributed by atoms with Crippen LogP contribution in [0.4, 0.5) is 0 Å². The first-order chi connectivity index (χ1) is 4.83. The lowest BCUT2D eigenvalue weighted by Gasteiger charge is -1.95. The second-order valence-electron chi connectivity index (χ2n) is 1.96. The van der Waals surface area contributed by atoms with Gasteiger partial charge in [0.2, 0.25) is 0 Å². The van der Waals surface area contributed by atoms with Crippen LogP contribution in [0.2, 0.25) is 5.15 Å². The van der Waals surface area contributed by atoms with Crippen molar-refractivity contribution in [2.75, 3.05) is 7.05 Å². The molecule has 10 heavy (non-hydrogen) atoms. The Morgan fingerprint density at radius 2 is 2.40 bits per heavy atom. The highest BCUT2D eigenvalue weighted by Gasteiger charge is 1.90. The largest absolute Gasteiger partial charge is 0.244 e. The van der Waals surface area contributed by atoms with Crippen LogP contribution in [0.15, 0.2) is 18.3 Å². The Kier molecular flexibility index (Phi) is 2.66. The summed E-state index contributed by atoms with van der Waals surface area (Å²) < 4.78 is 0. The van der Waals surface area contributed by atoms with Gasteiger partial charge in [-0.2, -0.15) is 0 Å². The zero-order valence-electron chi connectivity index (χ0n) is 5.71. The highest BCUT2D eigenvalue weighted by molar-refractivity contribution is 6.29. The predicted molar refractivity (Wildman–Crippen MR) is 41.0 cm³/mol. The van der Waals surface area contributed by atoms with Crippen LogP contribution >= 0.6 is 11.6 Å². The van der Waals surface area contributed by atoms with Crippen LogP contribution < -0.4 is 5.32 Å². The molecule has 0 fully saturated rings. The molecule has 0 aliphatic carbocycles. The SMILES string of the molecule is C[N]Cc1ccc(Cl)nc1. The van der Waals surface area contributed by atoms with E-state index in [2.05, 4.69) is 10.3 Å². The van der Waals surface area contributed by atoms with Gasteiger partial charge < -0.3 is 0 Å². The summed E-state index contributed by atoms with van der Waals surface area (Å²) in [4.78, 5) is 3.90. The lowest BCUT2D eigenvalue weighted by atomic mass is 10.3. The van der Waals surface area contributed by atoms with Crippen molar-refractivity contribution in [1.82, 2.24) is 10.3 Å². The zero-order chi connectivity index (χ0) is 7.40. The molecule has 0 bridgehead atoms. The Hall–Kier alpha value is -0.600. The molecule has 3 heteroatoms. The first kappa shape index (κ1) is 7.51. The first-order valence-electron chi connectivity index (χ1n) is 2.99. The smallest absolute Gasteiger partial charge is 0.129 e. The number of hydrogen-bond acceptors (Lipinski definition) is 1. The third-order valence-electron chi connectivity index (χ3n) is 1.13. The summed E-state index contributed by atoms with van der Waals surface area (Å²) in [5, 5.41) is 4.48. The minimum absolute atomic E-state index is 0.528. The maximum Gasteiger partial charge on any atom is 0.129 e. The molecule has 0 spiro atoms. The van der Waals surface area contributed by atoms with Crippen LogP contribution in [0.5, 0.6) is 0 Å². The van der Waals surface area contributed by atoms with Crippen molar-refractivity contribution in [3.63, 3.8) is 0 Å². The first-order valence-corrected chi connectivity index (χ1v) is 3.37. The van der Waals surface area contributed by atoms with Crippen LogP contribution in [-0.2, 0) is 6.54 Å². The molecule has 0 aromatic carbocycles. The zero-order valence-corrected chi connectivity index (χ0v) is 6.47. The molecular formula is C7H8ClN2. The quantitative estimate of drug-likeness (QED) is 0.595. The van der Waals surface area contributed by atoms with Crippen molar-refractivity contribution in [3.8, 4) is 0 Å². The number of aromatic nitrogens is 1. The molecule has 0 unspecified atom stereocenters. The van der Waals surface area contributed by atoms with E-state index in [0.717, 1.165) is 5.56 Å². The fraction of sp³-hybridized carbons (Fsp3) is 0.286. The summed E-state index contributed by atoms with van der Waals surface area (Å²) in [6, 6.07) is 3.68. The molecule has 1 aromatic heterocycles. The van der Waals surface area contributed by atoms with Crippen LogP contribution in [0, 0.1) is 0 Å². The van der Waals surface area contributed by atoms with E-state index in [4.69, 9.17) is 11.6 Å². The molecule has 0 N–H and O–H groups in total. The van der Waals surface area contributed by atoms with Crippen molar-refractivity contribution < 1.29 is 0 Å².